The number of phenols is 1. The molecule has 1 aromatic heterocycles. The predicted octanol–water partition coefficient (Wildman–Crippen LogP) is -5.03. The normalized spacial score (nSPS) is 25.3. The first kappa shape index (κ1) is 88.9. The maximum Gasteiger partial charge on any atom is 0.327 e. The Morgan fingerprint density at radius 2 is 1.25 bits per heavy atom. The molecule has 4 rings (SSSR count). The van der Waals surface area contributed by atoms with Gasteiger partial charge in [-0.1, -0.05) is 82.2 Å². The number of H-pyrrole nitrogens is 1. The summed E-state index contributed by atoms with van der Waals surface area (Å²) in [4.78, 5) is 222. The summed E-state index contributed by atoms with van der Waals surface area (Å²) in [6, 6.07) is -15.6. The van der Waals surface area contributed by atoms with Gasteiger partial charge in [0.25, 0.3) is 0 Å². The highest BCUT2D eigenvalue weighted by atomic mass is 33.1. The number of aliphatic imine (C=N–C) groups is 1. The SMILES string of the molecule is CC(=O)N[C@@H](Cc1ccc(O)cc1)C(=O)N[C@H]1CSSC[C@@H](C(=O)O)NC(=O)[C@H](C)NC(=O)[C@H](CCCN=C(N)N)NC(=O)[C@H](C(C)C)NC(=O)[C@H](CSC(C)(C)C)NC(=O)[C@H](CO)NC(=O)[C@@H]2CCCN2C(=O)[C@H](Cc2cnc[nH]2)NC(=O)[C@H](CC(=O)O)NC(=O)[C@H]([C@@H](C)O)NC(=O)[C@H](C(C)C)NC1=O. The fraction of sp³-hybridized carbons (Fsp3) is 0.615. The number of nitrogens with one attached hydrogen (secondary N) is 13. The molecule has 14 atom stereocenters. The molecule has 0 bridgehead atoms. The van der Waals surface area contributed by atoms with E-state index in [1.165, 1.54) is 69.3 Å². The van der Waals surface area contributed by atoms with Crippen molar-refractivity contribution < 1.29 is 97.5 Å². The minimum Gasteiger partial charge on any atom is -0.508 e. The number of guanidine groups is 1. The van der Waals surface area contributed by atoms with E-state index in [1.807, 2.05) is 20.8 Å². The molecule has 13 amide bonds. The number of aromatic nitrogens is 2. The molecule has 2 saturated heterocycles. The summed E-state index contributed by atoms with van der Waals surface area (Å²) in [6.07, 6.45) is -0.959. The number of aliphatic hydroxyl groups excluding tert-OH is 2. The fourth-order valence-corrected chi connectivity index (χ4v) is 13.8. The fourth-order valence-electron chi connectivity index (χ4n) is 10.6. The van der Waals surface area contributed by atoms with Gasteiger partial charge in [0.15, 0.2) is 5.96 Å². The quantitative estimate of drug-likeness (QED) is 0.0255. The number of aromatic hydroxyl groups is 1. The van der Waals surface area contributed by atoms with Gasteiger partial charge in [0.05, 0.1) is 25.5 Å². The van der Waals surface area contributed by atoms with Crippen LogP contribution in [0.15, 0.2) is 41.8 Å². The third-order valence-electron chi connectivity index (χ3n) is 16.3. The number of amides is 13. The number of aliphatic carboxylic acids is 2. The summed E-state index contributed by atoms with van der Waals surface area (Å²) in [6.45, 7) is 13.7. The number of carboxylic acid groups (broad SMARTS) is 2. The Morgan fingerprint density at radius 1 is 0.698 bits per heavy atom. The molecule has 3 heterocycles. The van der Waals surface area contributed by atoms with Gasteiger partial charge in [-0.05, 0) is 69.1 Å². The van der Waals surface area contributed by atoms with Crippen LogP contribution in [0.25, 0.3) is 0 Å². The minimum absolute atomic E-state index is 0.0292. The van der Waals surface area contributed by atoms with Gasteiger partial charge >= 0.3 is 11.9 Å². The van der Waals surface area contributed by atoms with Gasteiger partial charge in [-0.2, -0.15) is 11.8 Å². The number of hydrogen-bond acceptors (Lipinski definition) is 23. The van der Waals surface area contributed by atoms with Crippen molar-refractivity contribution in [1.29, 1.82) is 0 Å². The number of carbonyl (C=O) groups is 15. The van der Waals surface area contributed by atoms with Crippen LogP contribution in [-0.4, -0.2) is 261 Å². The number of rotatable bonds is 20. The van der Waals surface area contributed by atoms with Crippen LogP contribution in [0.5, 0.6) is 5.75 Å². The second-order valence-electron chi connectivity index (χ2n) is 27.0. The van der Waals surface area contributed by atoms with E-state index in [0.717, 1.165) is 40.3 Å². The van der Waals surface area contributed by atoms with E-state index in [2.05, 4.69) is 78.8 Å². The molecular formula is C65H100N18O20S3. The van der Waals surface area contributed by atoms with E-state index in [-0.39, 0.29) is 74.8 Å². The smallest absolute Gasteiger partial charge is 0.327 e. The monoisotopic (exact) mass is 1550 g/mol. The highest BCUT2D eigenvalue weighted by molar-refractivity contribution is 8.76. The number of nitrogens with zero attached hydrogens (tertiary/aromatic N) is 3. The van der Waals surface area contributed by atoms with Crippen LogP contribution < -0.4 is 75.3 Å². The third-order valence-corrected chi connectivity index (χ3v) is 20.1. The molecule has 588 valence electrons. The second kappa shape index (κ2) is 42.6. The largest absolute Gasteiger partial charge is 0.508 e. The molecule has 1 aromatic carbocycles. The topological polar surface area (TPSA) is 598 Å². The van der Waals surface area contributed by atoms with Crippen LogP contribution in [-0.2, 0) is 84.8 Å². The Kier molecular flexibility index (Phi) is 35.7. The summed E-state index contributed by atoms with van der Waals surface area (Å²) in [5, 5.41) is 81.6. The number of fused-ring (bicyclic) bond motifs is 1. The van der Waals surface area contributed by atoms with Crippen molar-refractivity contribution in [1.82, 2.24) is 78.7 Å². The second-order valence-corrected chi connectivity index (χ2v) is 31.4. The third kappa shape index (κ3) is 29.5. The van der Waals surface area contributed by atoms with Crippen LogP contribution in [0.1, 0.15) is 113 Å². The Bertz CT molecular complexity index is 3450. The Hall–Kier alpha value is -9.48. The first-order valence-corrected chi connectivity index (χ1v) is 37.5. The van der Waals surface area contributed by atoms with Crippen molar-refractivity contribution in [2.24, 2.45) is 28.3 Å². The number of carbonyl (C=O) groups excluding carboxylic acids is 13. The van der Waals surface area contributed by atoms with Gasteiger partial charge in [-0.25, -0.2) is 9.78 Å². The summed E-state index contributed by atoms with van der Waals surface area (Å²) in [5.74, 6) is -19.5. The summed E-state index contributed by atoms with van der Waals surface area (Å²) < 4.78 is -0.545. The Morgan fingerprint density at radius 3 is 1.81 bits per heavy atom. The molecule has 0 radical (unpaired) electrons. The molecule has 106 heavy (non-hydrogen) atoms. The van der Waals surface area contributed by atoms with Crippen molar-refractivity contribution in [2.45, 2.75) is 204 Å². The van der Waals surface area contributed by atoms with Crippen LogP contribution in [0, 0.1) is 11.8 Å². The lowest BCUT2D eigenvalue weighted by atomic mass is 10.0. The molecule has 0 saturated carbocycles. The zero-order chi connectivity index (χ0) is 79.4. The number of aromatic amines is 1. The number of hydrogen-bond donors (Lipinski definition) is 20. The van der Waals surface area contributed by atoms with E-state index >= 15 is 0 Å². The highest BCUT2D eigenvalue weighted by Gasteiger charge is 2.43. The van der Waals surface area contributed by atoms with Crippen molar-refractivity contribution in [3.63, 3.8) is 0 Å². The van der Waals surface area contributed by atoms with Gasteiger partial charge < -0.3 is 111 Å². The minimum atomic E-state index is -2.07. The zero-order valence-electron chi connectivity index (χ0n) is 60.5. The maximum atomic E-state index is 14.8. The van der Waals surface area contributed by atoms with Crippen molar-refractivity contribution in [3.8, 4) is 5.75 Å². The van der Waals surface area contributed by atoms with Crippen molar-refractivity contribution in [3.05, 3.63) is 48.0 Å². The summed E-state index contributed by atoms with van der Waals surface area (Å²) >= 11 is 1.22. The lowest BCUT2D eigenvalue weighted by Crippen LogP contribution is -2.63. The Balaban J connectivity index is 1.84. The van der Waals surface area contributed by atoms with Gasteiger partial charge in [-0.15, -0.1) is 0 Å². The number of aliphatic hydroxyl groups is 2. The number of phenolic OH excluding ortho intramolecular Hbond substituents is 1. The van der Waals surface area contributed by atoms with Gasteiger partial charge in [0, 0.05) is 66.8 Å². The average Bonchev–Trinajstić information content (AvgIpc) is 1.61. The van der Waals surface area contributed by atoms with E-state index < -0.39 is 214 Å². The molecule has 2 fully saturated rings. The first-order chi connectivity index (χ1) is 49.7. The number of carboxylic acids is 2. The van der Waals surface area contributed by atoms with E-state index in [9.17, 15) is 97.5 Å². The number of benzene rings is 1. The van der Waals surface area contributed by atoms with Gasteiger partial charge in [0.1, 0.15) is 84.3 Å². The molecule has 2 aliphatic heterocycles. The molecule has 0 spiro atoms. The van der Waals surface area contributed by atoms with Crippen LogP contribution >= 0.6 is 33.3 Å². The maximum absolute atomic E-state index is 14.8. The van der Waals surface area contributed by atoms with E-state index in [4.69, 9.17) is 11.5 Å². The van der Waals surface area contributed by atoms with Crippen LogP contribution in [0.4, 0.5) is 0 Å². The molecule has 41 heteroatoms. The number of thioether (sulfide) groups is 1. The zero-order valence-corrected chi connectivity index (χ0v) is 62.9. The van der Waals surface area contributed by atoms with Crippen molar-refractivity contribution in [2.75, 3.05) is 37.0 Å². The standard InChI is InChI=1S/C65H100N18O20S3/c1-30(2)48-59(98)73-38(13-11-19-69-64(66)67)52(91)71-32(5)51(90)79-45(63(102)103)28-106-105-27-44(78-53(92)39(72-34(7)86)21-35-15-17-37(87)18-16-35)57(96)81-49(31(3)4)60(99)82-50(33(6)85)61(100)74-40(23-47(88)89)54(93)75-41(22-36-24-68-29-70-36)62(101)83-20-12-14-46(83)58(97)76-42(25-84)55(94)77-43(56(95)80-48)26-104-65(8,9)10/h15-18,24,29-33,38-46,48-50,84-85,87H,11-14,19-23,25-28H2,1-10H3,(H,68,70)(H,71,91)(H,72,86)(H,73,98)(H,74,100)(H,75,93)(H,76,97)(H,77,94)(H,78,92)(H,79,90)(H,80,95)(H,81,96)(H,82,99)(H,88,89)(H,102,103)(H4,66,67,69)/t32-,33+,38-,39-,40-,41-,42-,43-,44-,45-,46-,48-,49-,50-/m0/s1. The molecule has 0 aliphatic carbocycles. The molecule has 2 aromatic rings. The molecule has 2 aliphatic rings. The van der Waals surface area contributed by atoms with Gasteiger partial charge in [-0.3, -0.25) is 72.1 Å². The number of nitrogens with two attached hydrogens (primary N) is 2. The van der Waals surface area contributed by atoms with Gasteiger partial charge in [0.2, 0.25) is 76.8 Å². The summed E-state index contributed by atoms with van der Waals surface area (Å²) in [7, 11) is 1.58. The lowest BCUT2D eigenvalue weighted by Gasteiger charge is -2.31. The molecule has 38 nitrogen and oxygen atoms in total. The molecule has 0 unspecified atom stereocenters. The lowest BCUT2D eigenvalue weighted by molar-refractivity contribution is -0.144. The van der Waals surface area contributed by atoms with Crippen LogP contribution in [0.3, 0.4) is 0 Å². The average molecular weight is 1550 g/mol. The molecule has 22 N–H and O–H groups in total. The first-order valence-electron chi connectivity index (χ1n) is 34.0. The predicted molar refractivity (Wildman–Crippen MR) is 389 cm³/mol. The summed E-state index contributed by atoms with van der Waals surface area (Å²) in [5.41, 5.74) is 11.8. The number of imidazole rings is 1. The Labute approximate surface area is 623 Å². The van der Waals surface area contributed by atoms with Crippen LogP contribution in [0.2, 0.25) is 0 Å². The highest BCUT2D eigenvalue weighted by Crippen LogP contribution is 2.26. The van der Waals surface area contributed by atoms with Crippen molar-refractivity contribution >= 4 is 128 Å². The van der Waals surface area contributed by atoms with E-state index in [0.29, 0.717) is 5.56 Å². The molecular weight excluding hydrogens is 1450 g/mol. The van der Waals surface area contributed by atoms with E-state index in [1.54, 1.807) is 13.8 Å².